The number of fused-ring (bicyclic) bond motifs is 5. The van der Waals surface area contributed by atoms with E-state index < -0.39 is 0 Å². The fraction of sp³-hybridized carbons (Fsp3) is 0.714. The second-order valence-corrected chi connectivity index (χ2v) is 12.1. The first-order valence-corrected chi connectivity index (χ1v) is 12.9. The number of ether oxygens (including phenoxy) is 1. The number of amides is 2. The SMILES string of the molecule is CC(=O)Nc1ccc(OC2C[C@H]3[C@@H]4C(C)CC5N(C)C(=O)CC[C@]5(C)[C@@H]4CC[C@]3(C)C2)cc1. The highest BCUT2D eigenvalue weighted by Gasteiger charge is 2.62. The van der Waals surface area contributed by atoms with Gasteiger partial charge < -0.3 is 15.0 Å². The van der Waals surface area contributed by atoms with E-state index >= 15 is 0 Å². The standard InChI is InChI=1S/C28H40N2O3/c1-17-14-24-28(4,13-11-25(32)30(24)5)22-10-12-27(3)16-21(15-23(27)26(17)22)33-20-8-6-19(7-9-20)29-18(2)31/h6-9,17,21-24,26H,10-16H2,1-5H3,(H,29,31)/t17?,21?,22-,23+,24?,26-,27-,28-/m1/s1. The third-order valence-electron chi connectivity index (χ3n) is 10.1. The Hall–Kier alpha value is -2.04. The Morgan fingerprint density at radius 2 is 1.85 bits per heavy atom. The van der Waals surface area contributed by atoms with Crippen molar-refractivity contribution < 1.29 is 14.3 Å². The minimum Gasteiger partial charge on any atom is -0.490 e. The van der Waals surface area contributed by atoms with Gasteiger partial charge >= 0.3 is 0 Å². The number of piperidine rings is 1. The summed E-state index contributed by atoms with van der Waals surface area (Å²) in [7, 11) is 2.04. The van der Waals surface area contributed by atoms with Crippen molar-refractivity contribution in [2.24, 2.45) is 34.5 Å². The molecule has 0 bridgehead atoms. The number of hydrogen-bond acceptors (Lipinski definition) is 3. The summed E-state index contributed by atoms with van der Waals surface area (Å²) in [6.45, 7) is 8.97. The molecular weight excluding hydrogens is 412 g/mol. The molecule has 1 N–H and O–H groups in total. The number of benzene rings is 1. The number of hydrogen-bond donors (Lipinski definition) is 1. The first-order chi connectivity index (χ1) is 15.6. The van der Waals surface area contributed by atoms with Crippen LogP contribution in [0.15, 0.2) is 24.3 Å². The molecule has 4 fully saturated rings. The smallest absolute Gasteiger partial charge is 0.222 e. The summed E-state index contributed by atoms with van der Waals surface area (Å²) in [5.41, 5.74) is 1.40. The van der Waals surface area contributed by atoms with E-state index in [0.29, 0.717) is 41.5 Å². The lowest BCUT2D eigenvalue weighted by Crippen LogP contribution is -2.62. The lowest BCUT2D eigenvalue weighted by Gasteiger charge is -2.63. The van der Waals surface area contributed by atoms with E-state index in [0.717, 1.165) is 43.0 Å². The predicted molar refractivity (Wildman–Crippen MR) is 130 cm³/mol. The zero-order valence-electron chi connectivity index (χ0n) is 20.9. The van der Waals surface area contributed by atoms with Crippen LogP contribution in [0.2, 0.25) is 0 Å². The third-order valence-corrected chi connectivity index (χ3v) is 10.1. The molecule has 5 nitrogen and oxygen atoms in total. The molecule has 4 aliphatic rings. The second kappa shape index (κ2) is 8.02. The highest BCUT2D eigenvalue weighted by molar-refractivity contribution is 5.88. The lowest BCUT2D eigenvalue weighted by molar-refractivity contribution is -0.164. The molecule has 3 unspecified atom stereocenters. The van der Waals surface area contributed by atoms with Gasteiger partial charge in [-0.15, -0.1) is 0 Å². The van der Waals surface area contributed by atoms with Crippen LogP contribution in [-0.2, 0) is 9.59 Å². The van der Waals surface area contributed by atoms with Gasteiger partial charge in [-0.2, -0.15) is 0 Å². The third kappa shape index (κ3) is 3.76. The summed E-state index contributed by atoms with van der Waals surface area (Å²) in [5, 5.41) is 2.82. The van der Waals surface area contributed by atoms with Gasteiger partial charge in [0.1, 0.15) is 5.75 Å². The van der Waals surface area contributed by atoms with E-state index in [1.165, 1.54) is 19.8 Å². The molecule has 0 spiro atoms. The highest BCUT2D eigenvalue weighted by atomic mass is 16.5. The van der Waals surface area contributed by atoms with Gasteiger partial charge in [0.25, 0.3) is 0 Å². The molecule has 180 valence electrons. The lowest BCUT2D eigenvalue weighted by atomic mass is 9.45. The molecule has 5 rings (SSSR count). The molecule has 1 aromatic rings. The average Bonchev–Trinajstić information content (AvgIpc) is 3.09. The molecule has 1 saturated heterocycles. The first kappa shape index (κ1) is 22.7. The topological polar surface area (TPSA) is 58.6 Å². The number of carbonyl (C=O) groups excluding carboxylic acids is 2. The Morgan fingerprint density at radius 1 is 1.12 bits per heavy atom. The van der Waals surface area contributed by atoms with Crippen LogP contribution in [0.5, 0.6) is 5.75 Å². The Morgan fingerprint density at radius 3 is 2.55 bits per heavy atom. The summed E-state index contributed by atoms with van der Waals surface area (Å²) in [6, 6.07) is 8.18. The molecule has 2 amide bonds. The van der Waals surface area contributed by atoms with E-state index in [9.17, 15) is 9.59 Å². The second-order valence-electron chi connectivity index (χ2n) is 12.1. The molecule has 1 heterocycles. The van der Waals surface area contributed by atoms with Crippen molar-refractivity contribution >= 4 is 17.5 Å². The Balaban J connectivity index is 1.33. The Kier molecular flexibility index (Phi) is 5.53. The molecule has 8 atom stereocenters. The monoisotopic (exact) mass is 452 g/mol. The van der Waals surface area contributed by atoms with Gasteiger partial charge in [0.05, 0.1) is 6.10 Å². The molecule has 0 aromatic heterocycles. The van der Waals surface area contributed by atoms with Crippen molar-refractivity contribution in [2.75, 3.05) is 12.4 Å². The van der Waals surface area contributed by atoms with Gasteiger partial charge in [0.2, 0.25) is 11.8 Å². The van der Waals surface area contributed by atoms with Gasteiger partial charge in [-0.25, -0.2) is 0 Å². The molecule has 1 aliphatic heterocycles. The van der Waals surface area contributed by atoms with Crippen molar-refractivity contribution in [3.05, 3.63) is 24.3 Å². The quantitative estimate of drug-likeness (QED) is 0.659. The van der Waals surface area contributed by atoms with Gasteiger partial charge in [-0.05, 0) is 97.3 Å². The van der Waals surface area contributed by atoms with Crippen molar-refractivity contribution in [1.82, 2.24) is 4.90 Å². The van der Waals surface area contributed by atoms with Crippen molar-refractivity contribution in [3.8, 4) is 5.75 Å². The number of anilines is 1. The van der Waals surface area contributed by atoms with Crippen LogP contribution in [0, 0.1) is 34.5 Å². The molecule has 1 aromatic carbocycles. The van der Waals surface area contributed by atoms with Gasteiger partial charge in [0, 0.05) is 32.1 Å². The Bertz CT molecular complexity index is 930. The van der Waals surface area contributed by atoms with Crippen LogP contribution in [0.4, 0.5) is 5.69 Å². The van der Waals surface area contributed by atoms with Crippen LogP contribution in [0.3, 0.4) is 0 Å². The molecule has 0 radical (unpaired) electrons. The van der Waals surface area contributed by atoms with Crippen LogP contribution >= 0.6 is 0 Å². The maximum atomic E-state index is 12.5. The fourth-order valence-corrected chi connectivity index (χ4v) is 8.56. The predicted octanol–water partition coefficient (Wildman–Crippen LogP) is 5.50. The molecule has 5 heteroatoms. The summed E-state index contributed by atoms with van der Waals surface area (Å²) in [4.78, 5) is 25.8. The zero-order chi connectivity index (χ0) is 23.5. The van der Waals surface area contributed by atoms with Crippen LogP contribution in [-0.4, -0.2) is 35.9 Å². The van der Waals surface area contributed by atoms with Crippen molar-refractivity contribution in [3.63, 3.8) is 0 Å². The minimum atomic E-state index is -0.0583. The van der Waals surface area contributed by atoms with Crippen LogP contribution in [0.1, 0.15) is 72.6 Å². The average molecular weight is 453 g/mol. The summed E-state index contributed by atoms with van der Waals surface area (Å²) < 4.78 is 6.50. The molecule has 3 aliphatic carbocycles. The van der Waals surface area contributed by atoms with E-state index in [1.807, 2.05) is 31.3 Å². The van der Waals surface area contributed by atoms with E-state index in [4.69, 9.17) is 4.74 Å². The zero-order valence-corrected chi connectivity index (χ0v) is 20.9. The van der Waals surface area contributed by atoms with Gasteiger partial charge in [0.15, 0.2) is 0 Å². The van der Waals surface area contributed by atoms with Crippen molar-refractivity contribution in [1.29, 1.82) is 0 Å². The van der Waals surface area contributed by atoms with Crippen LogP contribution < -0.4 is 10.1 Å². The van der Waals surface area contributed by atoms with Gasteiger partial charge in [-0.3, -0.25) is 9.59 Å². The van der Waals surface area contributed by atoms with E-state index in [1.54, 1.807) is 0 Å². The first-order valence-electron chi connectivity index (χ1n) is 12.9. The van der Waals surface area contributed by atoms with Crippen LogP contribution in [0.25, 0.3) is 0 Å². The van der Waals surface area contributed by atoms with Gasteiger partial charge in [-0.1, -0.05) is 20.8 Å². The number of nitrogens with one attached hydrogen (secondary N) is 1. The molecule has 33 heavy (non-hydrogen) atoms. The summed E-state index contributed by atoms with van der Waals surface area (Å²) in [5.74, 6) is 3.93. The summed E-state index contributed by atoms with van der Waals surface area (Å²) in [6.07, 6.45) is 7.97. The Labute approximate surface area is 198 Å². The van der Waals surface area contributed by atoms with E-state index in [2.05, 4.69) is 31.0 Å². The summed E-state index contributed by atoms with van der Waals surface area (Å²) >= 11 is 0. The number of rotatable bonds is 3. The normalized spacial score (nSPS) is 42.2. The van der Waals surface area contributed by atoms with E-state index in [-0.39, 0.29) is 17.4 Å². The van der Waals surface area contributed by atoms with Crippen molar-refractivity contribution in [2.45, 2.75) is 84.8 Å². The fourth-order valence-electron chi connectivity index (χ4n) is 8.56. The minimum absolute atomic E-state index is 0.0583. The number of nitrogens with zero attached hydrogens (tertiary/aromatic N) is 1. The largest absolute Gasteiger partial charge is 0.490 e. The number of carbonyl (C=O) groups is 2. The maximum Gasteiger partial charge on any atom is 0.222 e. The highest BCUT2D eigenvalue weighted by Crippen LogP contribution is 2.66. The molecule has 3 saturated carbocycles. The molecular formula is C28H40N2O3. The number of likely N-dealkylation sites (tertiary alicyclic amines) is 1. The maximum absolute atomic E-state index is 12.5.